The lowest BCUT2D eigenvalue weighted by Crippen LogP contribution is -2.27. The van der Waals surface area contributed by atoms with Gasteiger partial charge in [-0.3, -0.25) is 4.79 Å². The molecule has 0 amide bonds. The fraction of sp³-hybridized carbons (Fsp3) is 0.667. The Morgan fingerprint density at radius 3 is 3.17 bits per heavy atom. The smallest absolute Gasteiger partial charge is 0.162 e. The minimum absolute atomic E-state index is 0.164. The van der Waals surface area contributed by atoms with Gasteiger partial charge in [-0.1, -0.05) is 0 Å². The number of allylic oxidation sites excluding steroid dienone is 1. The third kappa shape index (κ3) is 1.66. The summed E-state index contributed by atoms with van der Waals surface area (Å²) in [5, 5.41) is 0. The van der Waals surface area contributed by atoms with Crippen molar-refractivity contribution in [2.45, 2.75) is 18.9 Å². The minimum Gasteiger partial charge on any atom is -0.497 e. The second kappa shape index (κ2) is 3.52. The second-order valence-electron chi connectivity index (χ2n) is 3.27. The van der Waals surface area contributed by atoms with E-state index in [0.29, 0.717) is 12.3 Å². The summed E-state index contributed by atoms with van der Waals surface area (Å²) in [6.07, 6.45) is 5.04. The van der Waals surface area contributed by atoms with Gasteiger partial charge in [-0.05, 0) is 17.9 Å². The quantitative estimate of drug-likeness (QED) is 0.619. The van der Waals surface area contributed by atoms with Crippen molar-refractivity contribution in [1.82, 2.24) is 0 Å². The number of rotatable bonds is 1. The Hall–Kier alpha value is -0.440. The number of hydrogen-bond acceptors (Lipinski definition) is 3. The van der Waals surface area contributed by atoms with Gasteiger partial charge in [-0.25, -0.2) is 0 Å². The topological polar surface area (TPSA) is 26.3 Å². The van der Waals surface area contributed by atoms with Crippen LogP contribution in [-0.4, -0.2) is 23.4 Å². The summed E-state index contributed by atoms with van der Waals surface area (Å²) in [5.41, 5.74) is 0. The van der Waals surface area contributed by atoms with Gasteiger partial charge >= 0.3 is 0 Å². The summed E-state index contributed by atoms with van der Waals surface area (Å²) in [5.74, 6) is 3.20. The predicted octanol–water partition coefficient (Wildman–Crippen LogP) is 1.61. The molecule has 0 aromatic heterocycles. The van der Waals surface area contributed by atoms with Gasteiger partial charge < -0.3 is 4.74 Å². The molecule has 66 valence electrons. The molecular weight excluding hydrogens is 172 g/mol. The first-order valence-corrected chi connectivity index (χ1v) is 5.44. The largest absolute Gasteiger partial charge is 0.497 e. The number of ether oxygens (including phenoxy) is 1. The van der Waals surface area contributed by atoms with Crippen LogP contribution in [0.15, 0.2) is 12.3 Å². The highest BCUT2D eigenvalue weighted by Crippen LogP contribution is 2.30. The third-order valence-electron chi connectivity index (χ3n) is 2.40. The highest BCUT2D eigenvalue weighted by atomic mass is 32.2. The number of carbonyl (C=O) groups is 1. The van der Waals surface area contributed by atoms with Crippen molar-refractivity contribution >= 4 is 17.5 Å². The first-order valence-electron chi connectivity index (χ1n) is 4.29. The minimum atomic E-state index is 0.164. The van der Waals surface area contributed by atoms with E-state index in [1.54, 1.807) is 6.26 Å². The molecule has 0 saturated carbocycles. The zero-order valence-corrected chi connectivity index (χ0v) is 7.68. The standard InChI is InChI=1S/C9H12O2S/c10-8-1-3-11-9(5-8)7-2-4-12-6-7/h1,3,7,9H,2,4-6H2. The summed E-state index contributed by atoms with van der Waals surface area (Å²) in [4.78, 5) is 11.1. The van der Waals surface area contributed by atoms with Crippen LogP contribution in [0.3, 0.4) is 0 Å². The maximum absolute atomic E-state index is 11.1. The Bertz CT molecular complexity index is 207. The molecule has 12 heavy (non-hydrogen) atoms. The molecule has 2 aliphatic rings. The average molecular weight is 184 g/mol. The molecule has 0 N–H and O–H groups in total. The summed E-state index contributed by atoms with van der Waals surface area (Å²) in [6, 6.07) is 0. The highest BCUT2D eigenvalue weighted by Gasteiger charge is 2.29. The molecular formula is C9H12O2S. The number of carbonyl (C=O) groups excluding carboxylic acids is 1. The Balaban J connectivity index is 1.95. The van der Waals surface area contributed by atoms with Crippen LogP contribution in [0.25, 0.3) is 0 Å². The van der Waals surface area contributed by atoms with Gasteiger partial charge in [-0.15, -0.1) is 0 Å². The van der Waals surface area contributed by atoms with Crippen molar-refractivity contribution in [1.29, 1.82) is 0 Å². The molecule has 0 spiro atoms. The summed E-state index contributed by atoms with van der Waals surface area (Å²) in [6.45, 7) is 0. The Morgan fingerprint density at radius 1 is 1.58 bits per heavy atom. The molecule has 2 aliphatic heterocycles. The van der Waals surface area contributed by atoms with Crippen LogP contribution < -0.4 is 0 Å². The van der Waals surface area contributed by atoms with Crippen molar-refractivity contribution in [2.24, 2.45) is 5.92 Å². The van der Waals surface area contributed by atoms with Gasteiger partial charge in [0.15, 0.2) is 5.78 Å². The Labute approximate surface area is 76.4 Å². The Kier molecular flexibility index (Phi) is 2.40. The normalized spacial score (nSPS) is 35.2. The van der Waals surface area contributed by atoms with Crippen LogP contribution in [0.4, 0.5) is 0 Å². The second-order valence-corrected chi connectivity index (χ2v) is 4.42. The van der Waals surface area contributed by atoms with E-state index in [9.17, 15) is 4.79 Å². The molecule has 1 saturated heterocycles. The van der Waals surface area contributed by atoms with Crippen LogP contribution in [0.2, 0.25) is 0 Å². The lowest BCUT2D eigenvalue weighted by molar-refractivity contribution is -0.118. The fourth-order valence-electron chi connectivity index (χ4n) is 1.65. The van der Waals surface area contributed by atoms with Crippen LogP contribution in [0, 0.1) is 5.92 Å². The molecule has 0 aromatic rings. The van der Waals surface area contributed by atoms with Gasteiger partial charge in [0.05, 0.1) is 6.26 Å². The van der Waals surface area contributed by atoms with Gasteiger partial charge in [0, 0.05) is 18.4 Å². The van der Waals surface area contributed by atoms with E-state index in [2.05, 4.69) is 0 Å². The van der Waals surface area contributed by atoms with Gasteiger partial charge in [0.2, 0.25) is 0 Å². The Morgan fingerprint density at radius 2 is 2.50 bits per heavy atom. The molecule has 1 fully saturated rings. The van der Waals surface area contributed by atoms with Crippen LogP contribution >= 0.6 is 11.8 Å². The SMILES string of the molecule is O=C1C=COC(C2CCSC2)C1. The van der Waals surface area contributed by atoms with E-state index in [0.717, 1.165) is 5.75 Å². The van der Waals surface area contributed by atoms with E-state index in [4.69, 9.17) is 4.74 Å². The first kappa shape index (κ1) is 8.17. The molecule has 0 aromatic carbocycles. The average Bonchev–Trinajstić information content (AvgIpc) is 2.56. The van der Waals surface area contributed by atoms with Crippen molar-refractivity contribution in [3.8, 4) is 0 Å². The van der Waals surface area contributed by atoms with Crippen molar-refractivity contribution < 1.29 is 9.53 Å². The molecule has 2 unspecified atom stereocenters. The van der Waals surface area contributed by atoms with E-state index in [1.165, 1.54) is 18.2 Å². The van der Waals surface area contributed by atoms with E-state index < -0.39 is 0 Å². The molecule has 2 atom stereocenters. The molecule has 2 rings (SSSR count). The number of thioether (sulfide) groups is 1. The maximum Gasteiger partial charge on any atom is 0.162 e. The molecule has 0 radical (unpaired) electrons. The number of hydrogen-bond donors (Lipinski definition) is 0. The van der Waals surface area contributed by atoms with Gasteiger partial charge in [0.1, 0.15) is 6.10 Å². The molecule has 2 nitrogen and oxygen atoms in total. The predicted molar refractivity (Wildman–Crippen MR) is 49.1 cm³/mol. The van der Waals surface area contributed by atoms with Gasteiger partial charge in [-0.2, -0.15) is 11.8 Å². The lowest BCUT2D eigenvalue weighted by atomic mass is 9.96. The van der Waals surface area contributed by atoms with Crippen LogP contribution in [0.1, 0.15) is 12.8 Å². The zero-order chi connectivity index (χ0) is 8.39. The highest BCUT2D eigenvalue weighted by molar-refractivity contribution is 7.99. The monoisotopic (exact) mass is 184 g/mol. The molecule has 2 heterocycles. The number of ketones is 1. The fourth-order valence-corrected chi connectivity index (χ4v) is 2.97. The summed E-state index contributed by atoms with van der Waals surface area (Å²) >= 11 is 1.96. The van der Waals surface area contributed by atoms with E-state index in [1.807, 2.05) is 11.8 Å². The van der Waals surface area contributed by atoms with E-state index >= 15 is 0 Å². The third-order valence-corrected chi connectivity index (χ3v) is 3.59. The molecule has 0 aliphatic carbocycles. The molecule has 0 bridgehead atoms. The van der Waals surface area contributed by atoms with Crippen molar-refractivity contribution in [3.63, 3.8) is 0 Å². The zero-order valence-electron chi connectivity index (χ0n) is 6.86. The van der Waals surface area contributed by atoms with Crippen LogP contribution in [-0.2, 0) is 9.53 Å². The van der Waals surface area contributed by atoms with Crippen molar-refractivity contribution in [2.75, 3.05) is 11.5 Å². The molecule has 3 heteroatoms. The summed E-state index contributed by atoms with van der Waals surface area (Å²) < 4.78 is 5.42. The summed E-state index contributed by atoms with van der Waals surface area (Å²) in [7, 11) is 0. The van der Waals surface area contributed by atoms with Crippen LogP contribution in [0.5, 0.6) is 0 Å². The first-order chi connectivity index (χ1) is 5.86. The van der Waals surface area contributed by atoms with Crippen molar-refractivity contribution in [3.05, 3.63) is 12.3 Å². The van der Waals surface area contributed by atoms with Gasteiger partial charge in [0.25, 0.3) is 0 Å². The van der Waals surface area contributed by atoms with E-state index in [-0.39, 0.29) is 11.9 Å². The lowest BCUT2D eigenvalue weighted by Gasteiger charge is -2.23. The maximum atomic E-state index is 11.1.